The van der Waals surface area contributed by atoms with Crippen molar-refractivity contribution in [2.75, 3.05) is 5.32 Å². The van der Waals surface area contributed by atoms with E-state index in [-0.39, 0.29) is 5.37 Å². The van der Waals surface area contributed by atoms with Crippen LogP contribution >= 0.6 is 23.1 Å². The van der Waals surface area contributed by atoms with Gasteiger partial charge in [-0.05, 0) is 59.2 Å². The molecule has 1 unspecified atom stereocenters. The second-order valence-electron chi connectivity index (χ2n) is 10.6. The number of anilines is 1. The van der Waals surface area contributed by atoms with Gasteiger partial charge in [0.25, 0.3) is 0 Å². The summed E-state index contributed by atoms with van der Waals surface area (Å²) in [5, 5.41) is 9.22. The molecule has 6 aromatic carbocycles. The number of para-hydroxylation sites is 1. The first-order valence-corrected chi connectivity index (χ1v) is 15.6. The highest BCUT2D eigenvalue weighted by Gasteiger charge is 2.28. The van der Waals surface area contributed by atoms with Crippen molar-refractivity contribution < 1.29 is 0 Å². The summed E-state index contributed by atoms with van der Waals surface area (Å²) >= 11 is 3.78. The Balaban J connectivity index is 1.24. The summed E-state index contributed by atoms with van der Waals surface area (Å²) in [7, 11) is 0. The molecule has 4 heteroatoms. The standard InChI is InChI=1S/C37H24N2S2/c1-2-9-23(10-3-1)37-38-31-19-18-29-27-13-4-6-15-32(27)39(35(29)36(31)41-37)26-12-8-11-24(21-26)25-17-20-34-30(22-25)28-14-5-7-16-33(28)40-34/h1-22,37-38H. The van der Waals surface area contributed by atoms with Gasteiger partial charge in [-0.3, -0.25) is 0 Å². The van der Waals surface area contributed by atoms with Crippen molar-refractivity contribution in [3.05, 3.63) is 139 Å². The Labute approximate surface area is 245 Å². The fourth-order valence-electron chi connectivity index (χ4n) is 6.33. The average molecular weight is 561 g/mol. The molecule has 1 atom stereocenters. The molecule has 0 saturated carbocycles. The summed E-state index contributed by atoms with van der Waals surface area (Å²) in [6.07, 6.45) is 0. The van der Waals surface area contributed by atoms with Crippen LogP contribution in [0.1, 0.15) is 10.9 Å². The van der Waals surface area contributed by atoms with Crippen molar-refractivity contribution in [2.45, 2.75) is 10.3 Å². The molecule has 0 fully saturated rings. The number of aromatic nitrogens is 1. The van der Waals surface area contributed by atoms with Crippen LogP contribution in [0.25, 0.3) is 58.8 Å². The molecule has 0 spiro atoms. The number of thioether (sulfide) groups is 1. The predicted octanol–water partition coefficient (Wildman–Crippen LogP) is 11.0. The summed E-state index contributed by atoms with van der Waals surface area (Å²) in [6.45, 7) is 0. The fourth-order valence-corrected chi connectivity index (χ4v) is 8.69. The zero-order valence-corrected chi connectivity index (χ0v) is 23.7. The smallest absolute Gasteiger partial charge is 0.103 e. The largest absolute Gasteiger partial charge is 0.368 e. The molecule has 3 heterocycles. The van der Waals surface area contributed by atoms with Gasteiger partial charge in [-0.2, -0.15) is 0 Å². The van der Waals surface area contributed by atoms with Gasteiger partial charge in [-0.25, -0.2) is 0 Å². The number of nitrogens with zero attached hydrogens (tertiary/aromatic N) is 1. The van der Waals surface area contributed by atoms with E-state index in [1.807, 2.05) is 23.1 Å². The van der Waals surface area contributed by atoms with Gasteiger partial charge in [0.05, 0.1) is 21.6 Å². The number of benzene rings is 6. The van der Waals surface area contributed by atoms with Crippen LogP contribution in [0.5, 0.6) is 0 Å². The van der Waals surface area contributed by atoms with Gasteiger partial charge < -0.3 is 9.88 Å². The lowest BCUT2D eigenvalue weighted by molar-refractivity contribution is 1.13. The second kappa shape index (κ2) is 9.00. The van der Waals surface area contributed by atoms with Crippen molar-refractivity contribution in [1.29, 1.82) is 0 Å². The molecule has 2 nitrogen and oxygen atoms in total. The zero-order chi connectivity index (χ0) is 26.9. The Morgan fingerprint density at radius 1 is 0.561 bits per heavy atom. The first-order valence-electron chi connectivity index (χ1n) is 13.9. The van der Waals surface area contributed by atoms with E-state index in [1.54, 1.807) is 0 Å². The van der Waals surface area contributed by atoms with Crippen molar-refractivity contribution in [3.8, 4) is 16.8 Å². The topological polar surface area (TPSA) is 17.0 Å². The lowest BCUT2D eigenvalue weighted by atomic mass is 10.0. The van der Waals surface area contributed by atoms with Crippen molar-refractivity contribution in [1.82, 2.24) is 4.57 Å². The van der Waals surface area contributed by atoms with E-state index in [1.165, 1.54) is 74.9 Å². The molecule has 2 aromatic heterocycles. The third-order valence-corrected chi connectivity index (χ3v) is 10.7. The molecule has 1 aliphatic heterocycles. The molecule has 0 saturated heterocycles. The van der Waals surface area contributed by atoms with Crippen LogP contribution in [0.4, 0.5) is 5.69 Å². The molecular formula is C37H24N2S2. The minimum absolute atomic E-state index is 0.196. The first kappa shape index (κ1) is 23.2. The maximum atomic E-state index is 3.78. The molecule has 1 aliphatic rings. The lowest BCUT2D eigenvalue weighted by Crippen LogP contribution is -2.00. The van der Waals surface area contributed by atoms with Crippen LogP contribution in [-0.4, -0.2) is 4.57 Å². The van der Waals surface area contributed by atoms with Gasteiger partial charge in [0.15, 0.2) is 0 Å². The average Bonchev–Trinajstić information content (AvgIpc) is 3.73. The third kappa shape index (κ3) is 3.58. The molecule has 0 aliphatic carbocycles. The molecule has 8 aromatic rings. The number of hydrogen-bond donors (Lipinski definition) is 1. The van der Waals surface area contributed by atoms with Crippen LogP contribution in [0.2, 0.25) is 0 Å². The summed E-state index contributed by atoms with van der Waals surface area (Å²) in [4.78, 5) is 1.31. The highest BCUT2D eigenvalue weighted by Crippen LogP contribution is 2.51. The Hall–Kier alpha value is -4.51. The molecule has 0 radical (unpaired) electrons. The predicted molar refractivity (Wildman–Crippen MR) is 178 cm³/mol. The number of nitrogens with one attached hydrogen (secondary N) is 1. The van der Waals surface area contributed by atoms with Gasteiger partial charge in [-0.15, -0.1) is 11.3 Å². The Morgan fingerprint density at radius 2 is 1.34 bits per heavy atom. The van der Waals surface area contributed by atoms with Gasteiger partial charge in [0, 0.05) is 36.6 Å². The molecule has 0 bridgehead atoms. The van der Waals surface area contributed by atoms with Gasteiger partial charge >= 0.3 is 0 Å². The number of fused-ring (bicyclic) bond motifs is 8. The third-order valence-electron chi connectivity index (χ3n) is 8.23. The van der Waals surface area contributed by atoms with E-state index in [0.717, 1.165) is 0 Å². The van der Waals surface area contributed by atoms with Crippen LogP contribution < -0.4 is 5.32 Å². The van der Waals surface area contributed by atoms with E-state index >= 15 is 0 Å². The number of thiophene rings is 1. The molecular weight excluding hydrogens is 537 g/mol. The number of hydrogen-bond acceptors (Lipinski definition) is 3. The normalized spacial score (nSPS) is 14.7. The Bertz CT molecular complexity index is 2280. The van der Waals surface area contributed by atoms with E-state index in [4.69, 9.17) is 0 Å². The monoisotopic (exact) mass is 560 g/mol. The van der Waals surface area contributed by atoms with Crippen molar-refractivity contribution in [3.63, 3.8) is 0 Å². The Kier molecular flexibility index (Phi) is 5.10. The van der Waals surface area contributed by atoms with Crippen LogP contribution in [-0.2, 0) is 0 Å². The quantitative estimate of drug-likeness (QED) is 0.231. The highest BCUT2D eigenvalue weighted by atomic mass is 32.2. The lowest BCUT2D eigenvalue weighted by Gasteiger charge is -2.12. The maximum Gasteiger partial charge on any atom is 0.103 e. The van der Waals surface area contributed by atoms with Crippen LogP contribution in [0.3, 0.4) is 0 Å². The fraction of sp³-hybridized carbons (Fsp3) is 0.0270. The molecule has 1 N–H and O–H groups in total. The van der Waals surface area contributed by atoms with Gasteiger partial charge in [0.2, 0.25) is 0 Å². The van der Waals surface area contributed by atoms with E-state index < -0.39 is 0 Å². The second-order valence-corrected chi connectivity index (χ2v) is 12.8. The summed E-state index contributed by atoms with van der Waals surface area (Å²) < 4.78 is 5.14. The summed E-state index contributed by atoms with van der Waals surface area (Å²) in [6, 6.07) is 48.7. The highest BCUT2D eigenvalue weighted by molar-refractivity contribution is 8.00. The van der Waals surface area contributed by atoms with Gasteiger partial charge in [-0.1, -0.05) is 103 Å². The summed E-state index contributed by atoms with van der Waals surface area (Å²) in [5.41, 5.74) is 8.66. The Morgan fingerprint density at radius 3 is 2.27 bits per heavy atom. The van der Waals surface area contributed by atoms with E-state index in [2.05, 4.69) is 143 Å². The summed E-state index contributed by atoms with van der Waals surface area (Å²) in [5.74, 6) is 0. The van der Waals surface area contributed by atoms with E-state index in [0.29, 0.717) is 0 Å². The van der Waals surface area contributed by atoms with Crippen molar-refractivity contribution >= 4 is 70.8 Å². The molecule has 41 heavy (non-hydrogen) atoms. The minimum atomic E-state index is 0.196. The SMILES string of the molecule is c1ccc(C2Nc3ccc4c5ccccc5n(-c5cccc(-c6ccc7sc8ccccc8c7c6)c5)c4c3S2)cc1. The minimum Gasteiger partial charge on any atom is -0.368 e. The molecule has 9 rings (SSSR count). The van der Waals surface area contributed by atoms with Crippen LogP contribution in [0, 0.1) is 0 Å². The van der Waals surface area contributed by atoms with Crippen LogP contribution in [0.15, 0.2) is 138 Å². The van der Waals surface area contributed by atoms with E-state index in [9.17, 15) is 0 Å². The molecule has 194 valence electrons. The van der Waals surface area contributed by atoms with Crippen molar-refractivity contribution in [2.24, 2.45) is 0 Å². The maximum absolute atomic E-state index is 3.78. The zero-order valence-electron chi connectivity index (χ0n) is 22.0. The van der Waals surface area contributed by atoms with Gasteiger partial charge in [0.1, 0.15) is 5.37 Å². The number of rotatable bonds is 3. The molecule has 0 amide bonds. The first-order chi connectivity index (χ1) is 20.3.